The molecule has 0 aliphatic heterocycles. The van der Waals surface area contributed by atoms with E-state index in [4.69, 9.17) is 5.11 Å². The molecule has 116 valence electrons. The molecule has 0 saturated carbocycles. The summed E-state index contributed by atoms with van der Waals surface area (Å²) >= 11 is 0. The minimum Gasteiger partial charge on any atom is -0.478 e. The quantitative estimate of drug-likeness (QED) is 0.708. The van der Waals surface area contributed by atoms with Crippen molar-refractivity contribution in [1.29, 1.82) is 0 Å². The lowest BCUT2D eigenvalue weighted by Crippen LogP contribution is -2.04. The van der Waals surface area contributed by atoms with E-state index in [0.717, 1.165) is 22.4 Å². The highest BCUT2D eigenvalue weighted by molar-refractivity contribution is 5.96. The van der Waals surface area contributed by atoms with Crippen LogP contribution in [0.5, 0.6) is 0 Å². The molecule has 4 nitrogen and oxygen atoms in total. The van der Waals surface area contributed by atoms with Gasteiger partial charge in [0.1, 0.15) is 0 Å². The fourth-order valence-electron chi connectivity index (χ4n) is 2.43. The van der Waals surface area contributed by atoms with E-state index < -0.39 is 11.9 Å². The summed E-state index contributed by atoms with van der Waals surface area (Å²) in [6.45, 7) is 0. The molecule has 2 N–H and O–H groups in total. The van der Waals surface area contributed by atoms with Crippen molar-refractivity contribution in [1.82, 2.24) is 0 Å². The van der Waals surface area contributed by atoms with Crippen molar-refractivity contribution in [2.45, 2.75) is 0 Å². The Balaban J connectivity index is 2.10. The van der Waals surface area contributed by atoms with E-state index in [0.29, 0.717) is 0 Å². The SMILES string of the molecule is O=C(O)c1ccc(C#Cc2cccc3ccccc23)c(C(=O)O)c1. The molecule has 0 bridgehead atoms. The molecule has 3 aromatic rings. The summed E-state index contributed by atoms with van der Waals surface area (Å²) < 4.78 is 0. The Hall–Kier alpha value is -3.58. The zero-order valence-electron chi connectivity index (χ0n) is 12.5. The Labute approximate surface area is 138 Å². The zero-order valence-corrected chi connectivity index (χ0v) is 12.5. The highest BCUT2D eigenvalue weighted by Crippen LogP contribution is 2.18. The van der Waals surface area contributed by atoms with Gasteiger partial charge in [-0.1, -0.05) is 48.2 Å². The molecular weight excluding hydrogens is 304 g/mol. The number of fused-ring (bicyclic) bond motifs is 1. The summed E-state index contributed by atoms with van der Waals surface area (Å²) in [6, 6.07) is 17.4. The topological polar surface area (TPSA) is 74.6 Å². The predicted octanol–water partition coefficient (Wildman–Crippen LogP) is 3.64. The summed E-state index contributed by atoms with van der Waals surface area (Å²) in [6.07, 6.45) is 0. The molecule has 0 spiro atoms. The molecule has 0 heterocycles. The lowest BCUT2D eigenvalue weighted by molar-refractivity contribution is 0.0695. The van der Waals surface area contributed by atoms with Crippen LogP contribution in [-0.2, 0) is 0 Å². The van der Waals surface area contributed by atoms with Crippen LogP contribution in [0.4, 0.5) is 0 Å². The minimum absolute atomic E-state index is 0.0805. The monoisotopic (exact) mass is 316 g/mol. The van der Waals surface area contributed by atoms with Crippen LogP contribution in [0.3, 0.4) is 0 Å². The van der Waals surface area contributed by atoms with Crippen LogP contribution < -0.4 is 0 Å². The second-order valence-electron chi connectivity index (χ2n) is 5.15. The van der Waals surface area contributed by atoms with Crippen molar-refractivity contribution in [2.75, 3.05) is 0 Å². The average molecular weight is 316 g/mol. The average Bonchev–Trinajstić information content (AvgIpc) is 2.59. The molecule has 0 fully saturated rings. The van der Waals surface area contributed by atoms with Crippen molar-refractivity contribution in [3.05, 3.63) is 82.9 Å². The number of carbonyl (C=O) groups is 2. The third-order valence-corrected chi connectivity index (χ3v) is 3.62. The first-order valence-corrected chi connectivity index (χ1v) is 7.16. The van der Waals surface area contributed by atoms with E-state index in [1.807, 2.05) is 42.5 Å². The molecule has 0 radical (unpaired) electrons. The molecule has 24 heavy (non-hydrogen) atoms. The van der Waals surface area contributed by atoms with Gasteiger partial charge in [-0.05, 0) is 35.0 Å². The number of rotatable bonds is 2. The number of carboxylic acid groups (broad SMARTS) is 2. The van der Waals surface area contributed by atoms with Gasteiger partial charge in [-0.15, -0.1) is 0 Å². The van der Waals surface area contributed by atoms with Gasteiger partial charge < -0.3 is 10.2 Å². The van der Waals surface area contributed by atoms with Crippen molar-refractivity contribution >= 4 is 22.7 Å². The molecule has 0 atom stereocenters. The molecule has 0 aliphatic rings. The van der Waals surface area contributed by atoms with Gasteiger partial charge in [0.2, 0.25) is 0 Å². The molecule has 4 heteroatoms. The Morgan fingerprint density at radius 2 is 1.46 bits per heavy atom. The van der Waals surface area contributed by atoms with E-state index in [9.17, 15) is 14.7 Å². The Morgan fingerprint density at radius 1 is 0.750 bits per heavy atom. The lowest BCUT2D eigenvalue weighted by Gasteiger charge is -2.02. The summed E-state index contributed by atoms with van der Waals surface area (Å²) in [5, 5.41) is 20.3. The van der Waals surface area contributed by atoms with E-state index in [2.05, 4.69) is 11.8 Å². The third-order valence-electron chi connectivity index (χ3n) is 3.62. The van der Waals surface area contributed by atoms with Crippen molar-refractivity contribution in [2.24, 2.45) is 0 Å². The van der Waals surface area contributed by atoms with Gasteiger partial charge in [0.15, 0.2) is 0 Å². The maximum absolute atomic E-state index is 11.4. The number of benzene rings is 3. The van der Waals surface area contributed by atoms with Gasteiger partial charge in [0.05, 0.1) is 11.1 Å². The zero-order chi connectivity index (χ0) is 17.1. The maximum Gasteiger partial charge on any atom is 0.336 e. The van der Waals surface area contributed by atoms with Crippen molar-refractivity contribution in [3.63, 3.8) is 0 Å². The van der Waals surface area contributed by atoms with E-state index in [1.54, 1.807) is 0 Å². The van der Waals surface area contributed by atoms with Crippen molar-refractivity contribution in [3.8, 4) is 11.8 Å². The highest BCUT2D eigenvalue weighted by Gasteiger charge is 2.12. The molecule has 3 aromatic carbocycles. The van der Waals surface area contributed by atoms with Gasteiger partial charge in [0, 0.05) is 11.1 Å². The maximum atomic E-state index is 11.4. The summed E-state index contributed by atoms with van der Waals surface area (Å²) in [7, 11) is 0. The standard InChI is InChI=1S/C20H12O4/c21-19(22)16-11-10-15(18(12-16)20(23)24)9-8-14-6-3-5-13-4-1-2-7-17(13)14/h1-7,10-12H,(H,21,22)(H,23,24). The normalized spacial score (nSPS) is 10.0. The lowest BCUT2D eigenvalue weighted by atomic mass is 10.0. The van der Waals surface area contributed by atoms with E-state index in [1.165, 1.54) is 12.1 Å². The Morgan fingerprint density at radius 3 is 2.21 bits per heavy atom. The largest absolute Gasteiger partial charge is 0.478 e. The molecular formula is C20H12O4. The number of aromatic carboxylic acids is 2. The predicted molar refractivity (Wildman–Crippen MR) is 90.3 cm³/mol. The van der Waals surface area contributed by atoms with Gasteiger partial charge in [0.25, 0.3) is 0 Å². The summed E-state index contributed by atoms with van der Waals surface area (Å²) in [5.74, 6) is 3.45. The van der Waals surface area contributed by atoms with Crippen LogP contribution in [0.25, 0.3) is 10.8 Å². The van der Waals surface area contributed by atoms with Gasteiger partial charge in [-0.3, -0.25) is 0 Å². The van der Waals surface area contributed by atoms with Crippen molar-refractivity contribution < 1.29 is 19.8 Å². The van der Waals surface area contributed by atoms with Crippen LogP contribution in [0.15, 0.2) is 60.7 Å². The van der Waals surface area contributed by atoms with Crippen LogP contribution in [-0.4, -0.2) is 22.2 Å². The van der Waals surface area contributed by atoms with Gasteiger partial charge in [-0.2, -0.15) is 0 Å². The van der Waals surface area contributed by atoms with Crippen LogP contribution in [0.1, 0.15) is 31.8 Å². The molecule has 0 unspecified atom stereocenters. The fourth-order valence-corrected chi connectivity index (χ4v) is 2.43. The number of carboxylic acids is 2. The Bertz CT molecular complexity index is 1020. The van der Waals surface area contributed by atoms with Gasteiger partial charge in [-0.25, -0.2) is 9.59 Å². The first-order valence-electron chi connectivity index (χ1n) is 7.16. The van der Waals surface area contributed by atoms with Gasteiger partial charge >= 0.3 is 11.9 Å². The smallest absolute Gasteiger partial charge is 0.336 e. The minimum atomic E-state index is -1.21. The molecule has 3 rings (SSSR count). The second-order valence-corrected chi connectivity index (χ2v) is 5.15. The fraction of sp³-hybridized carbons (Fsp3) is 0. The molecule has 0 aromatic heterocycles. The highest BCUT2D eigenvalue weighted by atomic mass is 16.4. The summed E-state index contributed by atoms with van der Waals surface area (Å²) in [5.41, 5.74) is 0.859. The van der Waals surface area contributed by atoms with E-state index in [-0.39, 0.29) is 16.7 Å². The number of hydrogen-bond donors (Lipinski definition) is 2. The first kappa shape index (κ1) is 15.3. The van der Waals surface area contributed by atoms with E-state index >= 15 is 0 Å². The number of hydrogen-bond acceptors (Lipinski definition) is 2. The molecule has 0 amide bonds. The Kier molecular flexibility index (Phi) is 4.00. The molecule has 0 saturated heterocycles. The van der Waals surface area contributed by atoms with Crippen LogP contribution >= 0.6 is 0 Å². The molecule has 0 aliphatic carbocycles. The first-order chi connectivity index (χ1) is 11.6. The second kappa shape index (κ2) is 6.27. The summed E-state index contributed by atoms with van der Waals surface area (Å²) in [4.78, 5) is 22.3. The van der Waals surface area contributed by atoms with Crippen LogP contribution in [0.2, 0.25) is 0 Å². The van der Waals surface area contributed by atoms with Crippen LogP contribution in [0, 0.1) is 11.8 Å². The third kappa shape index (κ3) is 2.96.